The second-order valence-corrected chi connectivity index (χ2v) is 8.26. The van der Waals surface area contributed by atoms with Crippen molar-refractivity contribution in [2.24, 2.45) is 0 Å². The molecule has 7 nitrogen and oxygen atoms in total. The van der Waals surface area contributed by atoms with E-state index in [1.54, 1.807) is 54.3 Å². The highest BCUT2D eigenvalue weighted by molar-refractivity contribution is 6.04. The second-order valence-electron chi connectivity index (χ2n) is 8.26. The largest absolute Gasteiger partial charge is 0.497 e. The van der Waals surface area contributed by atoms with Gasteiger partial charge in [0.1, 0.15) is 24.0 Å². The van der Waals surface area contributed by atoms with Gasteiger partial charge in [-0.25, -0.2) is 13.5 Å². The van der Waals surface area contributed by atoms with Crippen molar-refractivity contribution < 1.29 is 23.0 Å². The number of rotatable bonds is 8. The molecular weight excluding hydrogens is 490 g/mol. The first kappa shape index (κ1) is 24.6. The number of carbonyl (C=O) groups excluding carboxylic acids is 1. The van der Waals surface area contributed by atoms with E-state index in [0.29, 0.717) is 28.5 Å². The predicted octanol–water partition coefficient (Wildman–Crippen LogP) is 6.05. The predicted molar refractivity (Wildman–Crippen MR) is 138 cm³/mol. The smallest absolute Gasteiger partial charge is 0.336 e. The molecule has 4 aromatic carbocycles. The van der Waals surface area contributed by atoms with Crippen LogP contribution in [0, 0.1) is 11.6 Å². The number of ether oxygens (including phenoxy) is 2. The van der Waals surface area contributed by atoms with Crippen molar-refractivity contribution in [3.8, 4) is 28.8 Å². The Kier molecular flexibility index (Phi) is 7.08. The Labute approximate surface area is 217 Å². The molecule has 1 N–H and O–H groups in total. The molecule has 0 aliphatic carbocycles. The number of halogens is 2. The van der Waals surface area contributed by atoms with E-state index < -0.39 is 11.7 Å². The van der Waals surface area contributed by atoms with Crippen molar-refractivity contribution in [2.75, 3.05) is 12.4 Å². The van der Waals surface area contributed by atoms with Crippen LogP contribution in [0.2, 0.25) is 0 Å². The summed E-state index contributed by atoms with van der Waals surface area (Å²) >= 11 is 0. The van der Waals surface area contributed by atoms with Crippen LogP contribution in [0.1, 0.15) is 15.9 Å². The van der Waals surface area contributed by atoms with Gasteiger partial charge in [-0.2, -0.15) is 4.98 Å². The molecule has 1 aromatic heterocycles. The van der Waals surface area contributed by atoms with E-state index in [1.165, 1.54) is 30.3 Å². The van der Waals surface area contributed by atoms with Gasteiger partial charge in [-0.1, -0.05) is 42.5 Å². The molecule has 0 bridgehead atoms. The second kappa shape index (κ2) is 10.9. The number of benzene rings is 4. The van der Waals surface area contributed by atoms with Crippen LogP contribution in [0.5, 0.6) is 11.8 Å². The summed E-state index contributed by atoms with van der Waals surface area (Å²) in [5, 5.41) is 7.26. The number of anilines is 1. The highest BCUT2D eigenvalue weighted by Crippen LogP contribution is 2.28. The van der Waals surface area contributed by atoms with Crippen LogP contribution < -0.4 is 14.8 Å². The number of aromatic nitrogens is 3. The van der Waals surface area contributed by atoms with Crippen LogP contribution >= 0.6 is 0 Å². The van der Waals surface area contributed by atoms with Crippen LogP contribution in [0.4, 0.5) is 14.5 Å². The lowest BCUT2D eigenvalue weighted by molar-refractivity contribution is 0.102. The van der Waals surface area contributed by atoms with Gasteiger partial charge in [0.05, 0.1) is 18.4 Å². The average Bonchev–Trinajstić information content (AvgIpc) is 3.38. The van der Waals surface area contributed by atoms with Gasteiger partial charge in [0.15, 0.2) is 5.82 Å². The first-order valence-electron chi connectivity index (χ1n) is 11.7. The SMILES string of the molecule is COc1cccc(-c2nc(OCc3ccc(F)cc3)nn2-c2cccc(NC(=O)c3ccccc3F)c2)c1. The molecule has 9 heteroatoms. The summed E-state index contributed by atoms with van der Waals surface area (Å²) in [5.74, 6) is -0.415. The summed E-state index contributed by atoms with van der Waals surface area (Å²) in [4.78, 5) is 17.2. The Hall–Kier alpha value is -5.05. The van der Waals surface area contributed by atoms with Gasteiger partial charge in [0.25, 0.3) is 5.91 Å². The van der Waals surface area contributed by atoms with E-state index >= 15 is 0 Å². The molecule has 5 rings (SSSR count). The molecule has 190 valence electrons. The lowest BCUT2D eigenvalue weighted by Crippen LogP contribution is -2.14. The lowest BCUT2D eigenvalue weighted by atomic mass is 10.2. The molecule has 0 atom stereocenters. The molecule has 0 unspecified atom stereocenters. The Balaban J connectivity index is 1.47. The monoisotopic (exact) mass is 512 g/mol. The third-order valence-electron chi connectivity index (χ3n) is 5.66. The Morgan fingerprint density at radius 1 is 0.921 bits per heavy atom. The Morgan fingerprint density at radius 3 is 2.50 bits per heavy atom. The van der Waals surface area contributed by atoms with E-state index in [0.717, 1.165) is 5.56 Å². The fourth-order valence-corrected chi connectivity index (χ4v) is 3.77. The van der Waals surface area contributed by atoms with Crippen molar-refractivity contribution in [3.63, 3.8) is 0 Å². The quantitative estimate of drug-likeness (QED) is 0.274. The van der Waals surface area contributed by atoms with E-state index in [4.69, 9.17) is 9.47 Å². The van der Waals surface area contributed by atoms with Gasteiger partial charge in [-0.15, -0.1) is 5.10 Å². The van der Waals surface area contributed by atoms with Gasteiger partial charge in [-0.05, 0) is 60.2 Å². The van der Waals surface area contributed by atoms with E-state index in [-0.39, 0.29) is 24.0 Å². The maximum absolute atomic E-state index is 14.1. The minimum Gasteiger partial charge on any atom is -0.497 e. The zero-order chi connectivity index (χ0) is 26.5. The minimum absolute atomic E-state index is 0.0628. The van der Waals surface area contributed by atoms with Crippen LogP contribution in [0.3, 0.4) is 0 Å². The first-order chi connectivity index (χ1) is 18.5. The summed E-state index contributed by atoms with van der Waals surface area (Å²) in [6.07, 6.45) is 0. The minimum atomic E-state index is -0.610. The Bertz CT molecular complexity index is 1590. The summed E-state index contributed by atoms with van der Waals surface area (Å²) in [6.45, 7) is 0.139. The highest BCUT2D eigenvalue weighted by Gasteiger charge is 2.17. The molecule has 0 saturated carbocycles. The van der Waals surface area contributed by atoms with Gasteiger partial charge in [0, 0.05) is 11.3 Å². The van der Waals surface area contributed by atoms with Crippen molar-refractivity contribution in [1.29, 1.82) is 0 Å². The fourth-order valence-electron chi connectivity index (χ4n) is 3.77. The number of amides is 1. The molecule has 0 saturated heterocycles. The van der Waals surface area contributed by atoms with Crippen molar-refractivity contribution in [1.82, 2.24) is 14.8 Å². The molecule has 0 fully saturated rings. The van der Waals surface area contributed by atoms with E-state index in [2.05, 4.69) is 15.4 Å². The maximum atomic E-state index is 14.1. The van der Waals surface area contributed by atoms with Crippen LogP contribution in [0.25, 0.3) is 17.1 Å². The van der Waals surface area contributed by atoms with Crippen LogP contribution in [0.15, 0.2) is 97.1 Å². The van der Waals surface area contributed by atoms with Gasteiger partial charge >= 0.3 is 6.01 Å². The Morgan fingerprint density at radius 2 is 1.71 bits per heavy atom. The van der Waals surface area contributed by atoms with Gasteiger partial charge < -0.3 is 14.8 Å². The zero-order valence-corrected chi connectivity index (χ0v) is 20.3. The fraction of sp³-hybridized carbons (Fsp3) is 0.0690. The molecule has 5 aromatic rings. The average molecular weight is 513 g/mol. The standard InChI is InChI=1S/C29H22F2N4O3/c1-37-24-9-4-6-20(16-24)27-33-29(38-18-19-12-14-21(30)15-13-19)34-35(27)23-8-5-7-22(17-23)32-28(36)25-10-2-3-11-26(25)31/h2-17H,18H2,1H3,(H,32,36). The lowest BCUT2D eigenvalue weighted by Gasteiger charge is -2.10. The molecular formula is C29H22F2N4O3. The summed E-state index contributed by atoms with van der Waals surface area (Å²) in [5.41, 5.74) is 2.43. The number of hydrogen-bond donors (Lipinski definition) is 1. The molecule has 0 radical (unpaired) electrons. The molecule has 0 aliphatic heterocycles. The molecule has 0 aliphatic rings. The normalized spacial score (nSPS) is 10.7. The third kappa shape index (κ3) is 5.52. The number of methoxy groups -OCH3 is 1. The zero-order valence-electron chi connectivity index (χ0n) is 20.3. The maximum Gasteiger partial charge on any atom is 0.336 e. The highest BCUT2D eigenvalue weighted by atomic mass is 19.1. The van der Waals surface area contributed by atoms with Crippen molar-refractivity contribution >= 4 is 11.6 Å². The van der Waals surface area contributed by atoms with E-state index in [9.17, 15) is 13.6 Å². The summed E-state index contributed by atoms with van der Waals surface area (Å²) in [7, 11) is 1.57. The third-order valence-corrected chi connectivity index (χ3v) is 5.66. The summed E-state index contributed by atoms with van der Waals surface area (Å²) in [6, 6.07) is 26.1. The first-order valence-corrected chi connectivity index (χ1v) is 11.7. The molecule has 1 amide bonds. The number of hydrogen-bond acceptors (Lipinski definition) is 5. The number of carbonyl (C=O) groups is 1. The topological polar surface area (TPSA) is 78.3 Å². The van der Waals surface area contributed by atoms with Crippen LogP contribution in [-0.4, -0.2) is 27.8 Å². The van der Waals surface area contributed by atoms with Gasteiger partial charge in [0.2, 0.25) is 0 Å². The van der Waals surface area contributed by atoms with E-state index in [1.807, 2.05) is 24.3 Å². The number of nitrogens with zero attached hydrogens (tertiary/aromatic N) is 3. The number of nitrogens with one attached hydrogen (secondary N) is 1. The van der Waals surface area contributed by atoms with Crippen molar-refractivity contribution in [3.05, 3.63) is 120 Å². The van der Waals surface area contributed by atoms with Gasteiger partial charge in [-0.3, -0.25) is 4.79 Å². The van der Waals surface area contributed by atoms with Crippen LogP contribution in [-0.2, 0) is 6.61 Å². The molecule has 38 heavy (non-hydrogen) atoms. The van der Waals surface area contributed by atoms with Crippen molar-refractivity contribution in [2.45, 2.75) is 6.61 Å². The molecule has 0 spiro atoms. The summed E-state index contributed by atoms with van der Waals surface area (Å²) < 4.78 is 40.1. The molecule has 1 heterocycles.